The molecule has 2 aromatic rings. The van der Waals surface area contributed by atoms with Crippen LogP contribution in [-0.2, 0) is 9.59 Å². The minimum atomic E-state index is -0.208. The van der Waals surface area contributed by atoms with Crippen molar-refractivity contribution in [3.05, 3.63) is 77.9 Å². The summed E-state index contributed by atoms with van der Waals surface area (Å²) >= 11 is 1.50. The number of nitrogens with zero attached hydrogens (tertiary/aromatic N) is 2. The van der Waals surface area contributed by atoms with Crippen LogP contribution in [0.4, 0.5) is 10.5 Å². The number of piperidine rings is 2. The van der Waals surface area contributed by atoms with Gasteiger partial charge in [0.05, 0.1) is 16.3 Å². The van der Waals surface area contributed by atoms with Gasteiger partial charge in [-0.05, 0) is 55.1 Å². The van der Waals surface area contributed by atoms with Gasteiger partial charge in [0, 0.05) is 36.4 Å². The first-order valence-corrected chi connectivity index (χ1v) is 14.0. The number of benzene rings is 2. The van der Waals surface area contributed by atoms with Crippen LogP contribution in [0.1, 0.15) is 19.3 Å². The molecule has 2 aromatic carbocycles. The zero-order valence-electron chi connectivity index (χ0n) is 21.1. The molecule has 6 rings (SSSR count). The summed E-state index contributed by atoms with van der Waals surface area (Å²) in [7, 11) is 0. The number of hydrogen-bond donors (Lipinski definition) is 3. The van der Waals surface area contributed by atoms with Gasteiger partial charge in [0.2, 0.25) is 5.91 Å². The molecule has 9 heteroatoms. The minimum Gasteiger partial charge on any atom is -0.347 e. The lowest BCUT2D eigenvalue weighted by atomic mass is 9.86. The number of rotatable bonds is 5. The van der Waals surface area contributed by atoms with Crippen LogP contribution in [0.15, 0.2) is 77.9 Å². The Hall–Kier alpha value is -3.56. The molecule has 0 saturated carbocycles. The average molecular weight is 530 g/mol. The third kappa shape index (κ3) is 4.50. The van der Waals surface area contributed by atoms with Crippen LogP contribution in [0.3, 0.4) is 0 Å². The van der Waals surface area contributed by atoms with Gasteiger partial charge >= 0.3 is 6.03 Å². The van der Waals surface area contributed by atoms with Crippen molar-refractivity contribution in [1.29, 1.82) is 0 Å². The highest BCUT2D eigenvalue weighted by atomic mass is 32.2. The van der Waals surface area contributed by atoms with Crippen LogP contribution < -0.4 is 20.9 Å². The maximum Gasteiger partial charge on any atom is 0.326 e. The Morgan fingerprint density at radius 2 is 1.89 bits per heavy atom. The SMILES string of the molecule is C=CC(=O)N1CCC[C@@H](NC(=O)C2=C3NC(=O)N(c4cccc(-c5ccccc5)c4)C4CCNC(S2)C34)C1. The van der Waals surface area contributed by atoms with Crippen LogP contribution in [0.2, 0.25) is 0 Å². The molecule has 3 fully saturated rings. The standard InChI is InChI=1S/C29H31N5O3S/c1-2-23(35)33-15-7-11-20(17-33)31-27(36)26-25-24-22(13-14-30-28(24)38-26)34(29(37)32-25)21-12-6-10-19(16-21)18-8-4-3-5-9-18/h2-6,8-10,12,16,20,22,24,28,30H,1,7,11,13-15,17H2,(H,31,36)(H,32,37)/t20-,22?,24?,28?/m1/s1. The van der Waals surface area contributed by atoms with E-state index in [2.05, 4.69) is 46.8 Å². The van der Waals surface area contributed by atoms with E-state index < -0.39 is 0 Å². The lowest BCUT2D eigenvalue weighted by Gasteiger charge is -2.45. The van der Waals surface area contributed by atoms with E-state index in [4.69, 9.17) is 0 Å². The number of anilines is 1. The summed E-state index contributed by atoms with van der Waals surface area (Å²) in [4.78, 5) is 43.3. The lowest BCUT2D eigenvalue weighted by Crippen LogP contribution is -2.62. The molecular weight excluding hydrogens is 498 g/mol. The van der Waals surface area contributed by atoms with Crippen molar-refractivity contribution >= 4 is 35.3 Å². The van der Waals surface area contributed by atoms with Crippen molar-refractivity contribution in [3.8, 4) is 11.1 Å². The molecule has 38 heavy (non-hydrogen) atoms. The van der Waals surface area contributed by atoms with Gasteiger partial charge in [-0.2, -0.15) is 0 Å². The first kappa shape index (κ1) is 24.8. The third-order valence-corrected chi connectivity index (χ3v) is 9.18. The first-order valence-electron chi connectivity index (χ1n) is 13.2. The maximum absolute atomic E-state index is 13.6. The van der Waals surface area contributed by atoms with Crippen LogP contribution in [0.5, 0.6) is 0 Å². The van der Waals surface area contributed by atoms with Gasteiger partial charge in [0.1, 0.15) is 0 Å². The van der Waals surface area contributed by atoms with Gasteiger partial charge in [0.15, 0.2) is 0 Å². The summed E-state index contributed by atoms with van der Waals surface area (Å²) in [6.45, 7) is 5.49. The molecule has 8 nitrogen and oxygen atoms in total. The van der Waals surface area contributed by atoms with Gasteiger partial charge in [-0.15, -0.1) is 0 Å². The van der Waals surface area contributed by atoms with Gasteiger partial charge in [-0.1, -0.05) is 60.8 Å². The van der Waals surface area contributed by atoms with Crippen LogP contribution >= 0.6 is 11.8 Å². The van der Waals surface area contributed by atoms with Crippen molar-refractivity contribution in [2.45, 2.75) is 36.7 Å². The van der Waals surface area contributed by atoms with Gasteiger partial charge < -0.3 is 20.9 Å². The number of amides is 4. The number of carbonyl (C=O) groups excluding carboxylic acids is 3. The highest BCUT2D eigenvalue weighted by Crippen LogP contribution is 2.48. The predicted molar refractivity (Wildman–Crippen MR) is 149 cm³/mol. The summed E-state index contributed by atoms with van der Waals surface area (Å²) in [5, 5.41) is 9.77. The second kappa shape index (κ2) is 10.3. The van der Waals surface area contributed by atoms with Crippen molar-refractivity contribution in [2.75, 3.05) is 24.5 Å². The van der Waals surface area contributed by atoms with Crippen LogP contribution in [0, 0.1) is 5.92 Å². The summed E-state index contributed by atoms with van der Waals surface area (Å²) in [6, 6.07) is 17.8. The Bertz CT molecular complexity index is 1310. The molecule has 0 aromatic heterocycles. The molecule has 3 saturated heterocycles. The second-order valence-corrected chi connectivity index (χ2v) is 11.3. The molecule has 4 aliphatic rings. The topological polar surface area (TPSA) is 93.8 Å². The van der Waals surface area contributed by atoms with E-state index in [-0.39, 0.29) is 41.2 Å². The monoisotopic (exact) mass is 529 g/mol. The quantitative estimate of drug-likeness (QED) is 0.516. The van der Waals surface area contributed by atoms with E-state index >= 15 is 0 Å². The van der Waals surface area contributed by atoms with E-state index in [1.165, 1.54) is 17.8 Å². The predicted octanol–water partition coefficient (Wildman–Crippen LogP) is 3.44. The van der Waals surface area contributed by atoms with Crippen molar-refractivity contribution in [2.24, 2.45) is 5.92 Å². The van der Waals surface area contributed by atoms with Gasteiger partial charge in [0.25, 0.3) is 5.91 Å². The third-order valence-electron chi connectivity index (χ3n) is 7.82. The van der Waals surface area contributed by atoms with Crippen LogP contribution in [0.25, 0.3) is 11.1 Å². The van der Waals surface area contributed by atoms with Crippen molar-refractivity contribution in [1.82, 2.24) is 20.9 Å². The molecule has 4 aliphatic heterocycles. The Labute approximate surface area is 226 Å². The fourth-order valence-corrected chi connectivity index (χ4v) is 7.46. The average Bonchev–Trinajstić information content (AvgIpc) is 3.33. The highest BCUT2D eigenvalue weighted by molar-refractivity contribution is 8.04. The van der Waals surface area contributed by atoms with Gasteiger partial charge in [-0.3, -0.25) is 14.5 Å². The van der Waals surface area contributed by atoms with Crippen molar-refractivity contribution in [3.63, 3.8) is 0 Å². The fourth-order valence-electron chi connectivity index (χ4n) is 6.06. The molecule has 0 radical (unpaired) electrons. The Morgan fingerprint density at radius 3 is 2.71 bits per heavy atom. The molecule has 0 spiro atoms. The maximum atomic E-state index is 13.6. The smallest absolute Gasteiger partial charge is 0.326 e. The fraction of sp³-hybridized carbons (Fsp3) is 0.345. The van der Waals surface area contributed by atoms with E-state index in [9.17, 15) is 14.4 Å². The second-order valence-electron chi connectivity index (χ2n) is 10.1. The van der Waals surface area contributed by atoms with E-state index in [1.807, 2.05) is 35.2 Å². The molecule has 3 unspecified atom stereocenters. The number of likely N-dealkylation sites (tertiary alicyclic amines) is 1. The minimum absolute atomic E-state index is 0.00936. The zero-order valence-corrected chi connectivity index (χ0v) is 21.9. The lowest BCUT2D eigenvalue weighted by molar-refractivity contribution is -0.128. The summed E-state index contributed by atoms with van der Waals surface area (Å²) in [6.07, 6.45) is 3.75. The number of urea groups is 1. The largest absolute Gasteiger partial charge is 0.347 e. The molecule has 4 heterocycles. The Kier molecular flexibility index (Phi) is 6.71. The molecule has 4 atom stereocenters. The molecule has 3 N–H and O–H groups in total. The zero-order chi connectivity index (χ0) is 26.2. The van der Waals surface area contributed by atoms with Crippen LogP contribution in [-0.4, -0.2) is 59.8 Å². The first-order chi connectivity index (χ1) is 18.5. The number of nitrogens with one attached hydrogen (secondary N) is 3. The number of thioether (sulfide) groups is 1. The van der Waals surface area contributed by atoms with Gasteiger partial charge in [-0.25, -0.2) is 4.79 Å². The molecule has 196 valence electrons. The highest BCUT2D eigenvalue weighted by Gasteiger charge is 2.51. The molecule has 0 bridgehead atoms. The summed E-state index contributed by atoms with van der Waals surface area (Å²) in [5.41, 5.74) is 3.72. The number of hydrogen-bond acceptors (Lipinski definition) is 5. The van der Waals surface area contributed by atoms with Crippen molar-refractivity contribution < 1.29 is 14.4 Å². The molecule has 4 amide bonds. The summed E-state index contributed by atoms with van der Waals surface area (Å²) in [5.74, 6) is -0.314. The Morgan fingerprint density at radius 1 is 1.08 bits per heavy atom. The van der Waals surface area contributed by atoms with E-state index in [0.29, 0.717) is 23.7 Å². The molecular formula is C29H31N5O3S. The Balaban J connectivity index is 1.25. The van der Waals surface area contributed by atoms with E-state index in [1.54, 1.807) is 4.90 Å². The number of carbonyl (C=O) groups is 3. The van der Waals surface area contributed by atoms with E-state index in [0.717, 1.165) is 42.6 Å². The normalized spacial score (nSPS) is 26.5. The summed E-state index contributed by atoms with van der Waals surface area (Å²) < 4.78 is 0. The molecule has 0 aliphatic carbocycles.